The van der Waals surface area contributed by atoms with E-state index in [-0.39, 0.29) is 0 Å². The average Bonchev–Trinajstić information content (AvgIpc) is 2.44. The Morgan fingerprint density at radius 1 is 0.900 bits per heavy atom. The fraction of sp³-hybridized carbons (Fsp3) is 0.889. The molecule has 0 radical (unpaired) electrons. The molecular formula is C18H38SSn. The van der Waals surface area contributed by atoms with E-state index in [2.05, 4.69) is 46.0 Å². The summed E-state index contributed by atoms with van der Waals surface area (Å²) in [6.45, 7) is 13.3. The quantitative estimate of drug-likeness (QED) is 0.169. The number of hydrogen-bond donors (Lipinski definition) is 0. The van der Waals surface area contributed by atoms with Gasteiger partial charge >= 0.3 is 138 Å². The molecule has 0 spiro atoms. The van der Waals surface area contributed by atoms with E-state index < -0.39 is 18.4 Å². The number of hydrogen-bond acceptors (Lipinski definition) is 1. The van der Waals surface area contributed by atoms with E-state index >= 15 is 0 Å². The Balaban J connectivity index is 4.44. The van der Waals surface area contributed by atoms with Crippen LogP contribution in [0, 0.1) is 0 Å². The van der Waals surface area contributed by atoms with E-state index in [9.17, 15) is 0 Å². The third-order valence-corrected chi connectivity index (χ3v) is 24.7. The molecule has 0 rings (SSSR count). The van der Waals surface area contributed by atoms with Gasteiger partial charge < -0.3 is 0 Å². The van der Waals surface area contributed by atoms with Gasteiger partial charge in [-0.25, -0.2) is 0 Å². The molecule has 0 aliphatic carbocycles. The van der Waals surface area contributed by atoms with Gasteiger partial charge in [0.05, 0.1) is 0 Å². The molecule has 120 valence electrons. The summed E-state index contributed by atoms with van der Waals surface area (Å²) in [5.41, 5.74) is 1.36. The Morgan fingerprint density at radius 3 is 1.70 bits per heavy atom. The summed E-state index contributed by atoms with van der Waals surface area (Å²) in [7, 11) is 0. The van der Waals surface area contributed by atoms with Crippen molar-refractivity contribution >= 4 is 30.1 Å². The van der Waals surface area contributed by atoms with E-state index in [0.29, 0.717) is 0 Å². The summed E-state index contributed by atoms with van der Waals surface area (Å²) >= 11 is 0.444. The second-order valence-corrected chi connectivity index (χ2v) is 23.0. The van der Waals surface area contributed by atoms with Crippen molar-refractivity contribution in [2.24, 2.45) is 0 Å². The first kappa shape index (κ1) is 20.9. The summed E-state index contributed by atoms with van der Waals surface area (Å²) in [5, 5.41) is 0. The van der Waals surface area contributed by atoms with Gasteiger partial charge in [0.1, 0.15) is 0 Å². The average molecular weight is 405 g/mol. The SMILES string of the molecule is C=C(C)CCS[CH2][Sn]([CH2]CCC)([CH2]CCC)[CH2]CCC. The zero-order valence-electron chi connectivity index (χ0n) is 14.6. The monoisotopic (exact) mass is 406 g/mol. The molecule has 0 saturated carbocycles. The summed E-state index contributed by atoms with van der Waals surface area (Å²) in [5.74, 6) is 1.32. The maximum atomic E-state index is 4.04. The van der Waals surface area contributed by atoms with Crippen LogP contribution in [0.3, 0.4) is 0 Å². The first-order valence-corrected chi connectivity index (χ1v) is 18.0. The molecule has 0 amide bonds. The van der Waals surface area contributed by atoms with E-state index in [0.717, 1.165) is 0 Å². The van der Waals surface area contributed by atoms with E-state index in [1.54, 1.807) is 17.1 Å². The molecule has 0 fully saturated rings. The third kappa shape index (κ3) is 10.6. The first-order chi connectivity index (χ1) is 9.60. The third-order valence-electron chi connectivity index (χ3n) is 4.26. The van der Waals surface area contributed by atoms with Crippen molar-refractivity contribution in [3.05, 3.63) is 12.2 Å². The predicted octanol–water partition coefficient (Wildman–Crippen LogP) is 7.07. The van der Waals surface area contributed by atoms with Gasteiger partial charge in [-0.05, 0) is 0 Å². The molecule has 0 heterocycles. The van der Waals surface area contributed by atoms with Gasteiger partial charge in [0.2, 0.25) is 0 Å². The molecule has 0 atom stereocenters. The molecule has 0 N–H and O–H groups in total. The van der Waals surface area contributed by atoms with Crippen LogP contribution in [0.5, 0.6) is 0 Å². The number of thioether (sulfide) groups is 1. The van der Waals surface area contributed by atoms with Crippen molar-refractivity contribution in [3.8, 4) is 0 Å². The van der Waals surface area contributed by atoms with Crippen molar-refractivity contribution in [2.45, 2.75) is 86.0 Å². The van der Waals surface area contributed by atoms with Crippen LogP contribution < -0.4 is 0 Å². The van der Waals surface area contributed by atoms with Gasteiger partial charge in [0, 0.05) is 0 Å². The second-order valence-electron chi connectivity index (χ2n) is 6.57. The van der Waals surface area contributed by atoms with E-state index in [1.165, 1.54) is 56.3 Å². The van der Waals surface area contributed by atoms with E-state index in [4.69, 9.17) is 0 Å². The van der Waals surface area contributed by atoms with Gasteiger partial charge in [-0.2, -0.15) is 0 Å². The first-order valence-electron chi connectivity index (χ1n) is 8.82. The molecule has 0 bridgehead atoms. The molecule has 0 aliphatic heterocycles. The van der Waals surface area contributed by atoms with Crippen LogP contribution in [0.1, 0.15) is 72.6 Å². The topological polar surface area (TPSA) is 0 Å². The number of unbranched alkanes of at least 4 members (excludes halogenated alkanes) is 3. The standard InChI is InChI=1S/C6H11S.3C4H9.Sn/c1-6(2)4-5-7-3;3*1-3-4-2;/h1,3-5H2,2H3;3*1,3-4H2,2H3;. The Kier molecular flexibility index (Phi) is 14.1. The van der Waals surface area contributed by atoms with Crippen LogP contribution in [0.25, 0.3) is 0 Å². The van der Waals surface area contributed by atoms with Gasteiger partial charge in [-0.1, -0.05) is 0 Å². The summed E-state index contributed by atoms with van der Waals surface area (Å²) in [6.07, 6.45) is 9.93. The number of allylic oxidation sites excluding steroid dienone is 1. The Bertz CT molecular complexity index is 216. The Hall–Kier alpha value is 0.889. The molecule has 0 nitrogen and oxygen atoms in total. The molecular weight excluding hydrogens is 367 g/mol. The molecule has 0 aromatic rings. The van der Waals surface area contributed by atoms with Crippen LogP contribution in [0.15, 0.2) is 12.2 Å². The van der Waals surface area contributed by atoms with Crippen LogP contribution in [0.4, 0.5) is 0 Å². The second kappa shape index (κ2) is 13.5. The van der Waals surface area contributed by atoms with Gasteiger partial charge in [0.15, 0.2) is 0 Å². The van der Waals surface area contributed by atoms with Crippen LogP contribution >= 0.6 is 11.8 Å². The van der Waals surface area contributed by atoms with Crippen LogP contribution in [-0.2, 0) is 0 Å². The maximum absolute atomic E-state index is 4.04. The molecule has 0 unspecified atom stereocenters. The van der Waals surface area contributed by atoms with Gasteiger partial charge in [0.25, 0.3) is 0 Å². The zero-order valence-corrected chi connectivity index (χ0v) is 18.3. The van der Waals surface area contributed by atoms with Crippen LogP contribution in [-0.4, -0.2) is 27.9 Å². The summed E-state index contributed by atoms with van der Waals surface area (Å²) in [6, 6.07) is 0. The molecule has 0 aromatic heterocycles. The van der Waals surface area contributed by atoms with Gasteiger partial charge in [-0.3, -0.25) is 0 Å². The minimum absolute atomic E-state index is 1.22. The van der Waals surface area contributed by atoms with Crippen molar-refractivity contribution in [1.82, 2.24) is 0 Å². The Labute approximate surface area is 137 Å². The summed E-state index contributed by atoms with van der Waals surface area (Å²) < 4.78 is 6.56. The molecule has 20 heavy (non-hydrogen) atoms. The van der Waals surface area contributed by atoms with Crippen LogP contribution in [0.2, 0.25) is 13.3 Å². The normalized spacial score (nSPS) is 11.8. The van der Waals surface area contributed by atoms with E-state index in [1.807, 2.05) is 0 Å². The van der Waals surface area contributed by atoms with Crippen molar-refractivity contribution in [3.63, 3.8) is 0 Å². The van der Waals surface area contributed by atoms with Gasteiger partial charge in [-0.15, -0.1) is 0 Å². The Morgan fingerprint density at radius 2 is 1.35 bits per heavy atom. The van der Waals surface area contributed by atoms with Crippen molar-refractivity contribution in [2.75, 3.05) is 9.52 Å². The fourth-order valence-corrected chi connectivity index (χ4v) is 24.5. The minimum atomic E-state index is -1.83. The molecule has 2 heteroatoms. The van der Waals surface area contributed by atoms with Crippen molar-refractivity contribution < 1.29 is 0 Å². The molecule has 0 saturated heterocycles. The zero-order chi connectivity index (χ0) is 15.3. The fourth-order valence-electron chi connectivity index (χ4n) is 2.78. The molecule has 0 aromatic carbocycles. The number of rotatable bonds is 14. The summed E-state index contributed by atoms with van der Waals surface area (Å²) in [4.78, 5) is 0. The predicted molar refractivity (Wildman–Crippen MR) is 102 cm³/mol. The van der Waals surface area contributed by atoms with Crippen molar-refractivity contribution in [1.29, 1.82) is 0 Å². The molecule has 0 aliphatic rings.